The maximum atomic E-state index is 14.3. The van der Waals surface area contributed by atoms with Crippen LogP contribution in [-0.4, -0.2) is 11.8 Å². The van der Waals surface area contributed by atoms with E-state index in [1.54, 1.807) is 12.1 Å². The van der Waals surface area contributed by atoms with Gasteiger partial charge in [-0.1, -0.05) is 41.5 Å². The Morgan fingerprint density at radius 1 is 0.719 bits per heavy atom. The SMILES string of the molecule is Cc1ccc(NC(=O)C(=Cc2c(F)cccc2F)C(=O)Nc2ccc(C)cc2C)c(C)c1. The van der Waals surface area contributed by atoms with Crippen LogP contribution >= 0.6 is 0 Å². The molecule has 0 heterocycles. The van der Waals surface area contributed by atoms with E-state index in [0.29, 0.717) is 11.4 Å². The van der Waals surface area contributed by atoms with Gasteiger partial charge in [0.15, 0.2) is 0 Å². The van der Waals surface area contributed by atoms with Gasteiger partial charge in [0, 0.05) is 16.9 Å². The molecule has 0 atom stereocenters. The Morgan fingerprint density at radius 3 is 1.56 bits per heavy atom. The van der Waals surface area contributed by atoms with Gasteiger partial charge < -0.3 is 10.6 Å². The molecule has 0 saturated heterocycles. The maximum Gasteiger partial charge on any atom is 0.261 e. The molecule has 0 radical (unpaired) electrons. The summed E-state index contributed by atoms with van der Waals surface area (Å²) in [7, 11) is 0. The van der Waals surface area contributed by atoms with Crippen LogP contribution in [0.2, 0.25) is 0 Å². The Bertz CT molecular complexity index is 1140. The molecule has 0 aliphatic rings. The smallest absolute Gasteiger partial charge is 0.261 e. The van der Waals surface area contributed by atoms with E-state index in [1.807, 2.05) is 52.0 Å². The molecule has 3 aromatic rings. The molecule has 0 fully saturated rings. The normalized spacial score (nSPS) is 10.4. The quantitative estimate of drug-likeness (QED) is 0.300. The predicted octanol–water partition coefficient (Wildman–Crippen LogP) is 5.86. The molecule has 2 amide bonds. The van der Waals surface area contributed by atoms with Crippen LogP contribution in [0.25, 0.3) is 6.08 Å². The first-order valence-electron chi connectivity index (χ1n) is 10.1. The minimum absolute atomic E-state index is 0.422. The molecule has 0 unspecified atom stereocenters. The fourth-order valence-corrected chi connectivity index (χ4v) is 3.31. The van der Waals surface area contributed by atoms with Gasteiger partial charge in [0.2, 0.25) is 0 Å². The van der Waals surface area contributed by atoms with Gasteiger partial charge in [0.05, 0.1) is 0 Å². The van der Waals surface area contributed by atoms with E-state index in [0.717, 1.165) is 40.5 Å². The number of hydrogen-bond acceptors (Lipinski definition) is 2. The molecule has 2 N–H and O–H groups in total. The van der Waals surface area contributed by atoms with Gasteiger partial charge in [-0.3, -0.25) is 9.59 Å². The summed E-state index contributed by atoms with van der Waals surface area (Å²) < 4.78 is 28.5. The fourth-order valence-electron chi connectivity index (χ4n) is 3.31. The number of rotatable bonds is 5. The molecule has 164 valence electrons. The molecule has 0 aliphatic carbocycles. The van der Waals surface area contributed by atoms with Crippen molar-refractivity contribution in [1.29, 1.82) is 0 Å². The summed E-state index contributed by atoms with van der Waals surface area (Å²) in [5.74, 6) is -3.30. The molecule has 3 aromatic carbocycles. The molecule has 0 aliphatic heterocycles. The predicted molar refractivity (Wildman–Crippen MR) is 123 cm³/mol. The summed E-state index contributed by atoms with van der Waals surface area (Å²) in [6.07, 6.45) is 0.933. The van der Waals surface area contributed by atoms with Crippen molar-refractivity contribution in [2.75, 3.05) is 10.6 Å². The van der Waals surface area contributed by atoms with Gasteiger partial charge in [-0.25, -0.2) is 8.78 Å². The number of halogens is 2. The average molecular weight is 434 g/mol. The first-order valence-corrected chi connectivity index (χ1v) is 10.1. The van der Waals surface area contributed by atoms with E-state index in [1.165, 1.54) is 6.07 Å². The second-order valence-electron chi connectivity index (χ2n) is 7.74. The van der Waals surface area contributed by atoms with Crippen LogP contribution in [0.3, 0.4) is 0 Å². The van der Waals surface area contributed by atoms with Crippen LogP contribution in [0.1, 0.15) is 27.8 Å². The summed E-state index contributed by atoms with van der Waals surface area (Å²) in [6, 6.07) is 14.2. The molecule has 3 rings (SSSR count). The molecule has 4 nitrogen and oxygen atoms in total. The van der Waals surface area contributed by atoms with E-state index < -0.39 is 34.6 Å². The van der Waals surface area contributed by atoms with Gasteiger partial charge in [-0.2, -0.15) is 0 Å². The van der Waals surface area contributed by atoms with Crippen molar-refractivity contribution in [2.24, 2.45) is 0 Å². The Kier molecular flexibility index (Phi) is 6.83. The molecular formula is C26H24F2N2O2. The van der Waals surface area contributed by atoms with Crippen LogP contribution in [0, 0.1) is 39.3 Å². The molecule has 6 heteroatoms. The van der Waals surface area contributed by atoms with Crippen LogP contribution in [0.4, 0.5) is 20.2 Å². The number of hydrogen-bond donors (Lipinski definition) is 2. The number of carbonyl (C=O) groups excluding carboxylic acids is 2. The standard InChI is InChI=1S/C26H24F2N2O2/c1-15-8-10-23(17(3)12-15)29-25(31)20(14-19-21(27)6-5-7-22(19)28)26(32)30-24-11-9-16(2)13-18(24)4/h5-14H,1-4H3,(H,29,31)(H,30,32). The van der Waals surface area contributed by atoms with Crippen molar-refractivity contribution in [3.63, 3.8) is 0 Å². The van der Waals surface area contributed by atoms with Gasteiger partial charge in [-0.15, -0.1) is 0 Å². The second kappa shape index (κ2) is 9.56. The second-order valence-corrected chi connectivity index (χ2v) is 7.74. The van der Waals surface area contributed by atoms with Crippen molar-refractivity contribution in [2.45, 2.75) is 27.7 Å². The van der Waals surface area contributed by atoms with E-state index in [2.05, 4.69) is 10.6 Å². The molecule has 0 saturated carbocycles. The lowest BCUT2D eigenvalue weighted by atomic mass is 10.1. The summed E-state index contributed by atoms with van der Waals surface area (Å²) in [6.45, 7) is 7.47. The zero-order valence-electron chi connectivity index (χ0n) is 18.3. The lowest BCUT2D eigenvalue weighted by Gasteiger charge is -2.14. The number of amides is 2. The topological polar surface area (TPSA) is 58.2 Å². The highest BCUT2D eigenvalue weighted by atomic mass is 19.1. The van der Waals surface area contributed by atoms with E-state index in [4.69, 9.17) is 0 Å². The molecule has 32 heavy (non-hydrogen) atoms. The Labute approximate surface area is 186 Å². The van der Waals surface area contributed by atoms with Crippen LogP contribution < -0.4 is 10.6 Å². The average Bonchev–Trinajstić information content (AvgIpc) is 2.72. The van der Waals surface area contributed by atoms with Gasteiger partial charge in [-0.05, 0) is 69.2 Å². The molecule has 0 spiro atoms. The summed E-state index contributed by atoms with van der Waals surface area (Å²) in [5.41, 5.74) is 3.73. The largest absolute Gasteiger partial charge is 0.322 e. The zero-order chi connectivity index (χ0) is 23.4. The number of carbonyl (C=O) groups is 2. The summed E-state index contributed by atoms with van der Waals surface area (Å²) >= 11 is 0. The Morgan fingerprint density at radius 2 is 1.16 bits per heavy atom. The number of anilines is 2. The third kappa shape index (κ3) is 5.27. The van der Waals surface area contributed by atoms with Gasteiger partial charge in [0.25, 0.3) is 11.8 Å². The van der Waals surface area contributed by atoms with Crippen LogP contribution in [0.15, 0.2) is 60.2 Å². The third-order valence-corrected chi connectivity index (χ3v) is 5.04. The van der Waals surface area contributed by atoms with Crippen molar-refractivity contribution < 1.29 is 18.4 Å². The lowest BCUT2D eigenvalue weighted by Crippen LogP contribution is -2.26. The summed E-state index contributed by atoms with van der Waals surface area (Å²) in [4.78, 5) is 26.1. The van der Waals surface area contributed by atoms with Crippen molar-refractivity contribution in [3.05, 3.63) is 99.6 Å². The van der Waals surface area contributed by atoms with E-state index >= 15 is 0 Å². The minimum atomic E-state index is -0.874. The molecule has 0 bridgehead atoms. The van der Waals surface area contributed by atoms with Crippen molar-refractivity contribution in [3.8, 4) is 0 Å². The summed E-state index contributed by atoms with van der Waals surface area (Å²) in [5, 5.41) is 5.35. The zero-order valence-corrected chi connectivity index (χ0v) is 18.3. The van der Waals surface area contributed by atoms with Crippen molar-refractivity contribution in [1.82, 2.24) is 0 Å². The monoisotopic (exact) mass is 434 g/mol. The highest BCUT2D eigenvalue weighted by Crippen LogP contribution is 2.22. The van der Waals surface area contributed by atoms with E-state index in [9.17, 15) is 18.4 Å². The molecular weight excluding hydrogens is 410 g/mol. The number of benzene rings is 3. The highest BCUT2D eigenvalue weighted by Gasteiger charge is 2.22. The lowest BCUT2D eigenvalue weighted by molar-refractivity contribution is -0.118. The Balaban J connectivity index is 2.01. The van der Waals surface area contributed by atoms with Crippen LogP contribution in [-0.2, 0) is 9.59 Å². The first kappa shape index (κ1) is 22.9. The number of nitrogens with one attached hydrogen (secondary N) is 2. The van der Waals surface area contributed by atoms with Crippen molar-refractivity contribution >= 4 is 29.3 Å². The van der Waals surface area contributed by atoms with Gasteiger partial charge >= 0.3 is 0 Å². The highest BCUT2D eigenvalue weighted by molar-refractivity contribution is 6.29. The van der Waals surface area contributed by atoms with E-state index in [-0.39, 0.29) is 0 Å². The fraction of sp³-hybridized carbons (Fsp3) is 0.154. The third-order valence-electron chi connectivity index (χ3n) is 5.04. The minimum Gasteiger partial charge on any atom is -0.322 e. The first-order chi connectivity index (χ1) is 15.2. The van der Waals surface area contributed by atoms with Gasteiger partial charge in [0.1, 0.15) is 17.2 Å². The maximum absolute atomic E-state index is 14.3. The molecule has 0 aromatic heterocycles. The van der Waals surface area contributed by atoms with Crippen LogP contribution in [0.5, 0.6) is 0 Å². The number of aryl methyl sites for hydroxylation is 4. The Hall–Kier alpha value is -3.80.